The van der Waals surface area contributed by atoms with Crippen LogP contribution in [0.25, 0.3) is 0 Å². The molecule has 0 saturated carbocycles. The third-order valence-corrected chi connectivity index (χ3v) is 5.40. The van der Waals surface area contributed by atoms with Gasteiger partial charge in [-0.15, -0.1) is 0 Å². The van der Waals surface area contributed by atoms with E-state index in [0.29, 0.717) is 21.3 Å². The molecule has 7 heteroatoms. The molecule has 1 fully saturated rings. The maximum absolute atomic E-state index is 12.7. The average Bonchev–Trinajstić information content (AvgIpc) is 2.98. The highest BCUT2D eigenvalue weighted by Gasteiger charge is 2.17. The Labute approximate surface area is 175 Å². The molecule has 1 heterocycles. The zero-order chi connectivity index (χ0) is 19.9. The lowest BCUT2D eigenvalue weighted by atomic mass is 10.1. The predicted octanol–water partition coefficient (Wildman–Crippen LogP) is 5.06. The number of hydrogen-bond acceptors (Lipinski definition) is 3. The Bertz CT molecular complexity index is 849. The summed E-state index contributed by atoms with van der Waals surface area (Å²) in [6.07, 6.45) is 4.47. The fourth-order valence-corrected chi connectivity index (χ4v) is 3.48. The number of benzene rings is 2. The minimum Gasteiger partial charge on any atom is -0.376 e. The Hall–Kier alpha value is -2.24. The van der Waals surface area contributed by atoms with Gasteiger partial charge in [0.25, 0.3) is 5.91 Å². The molecule has 0 unspecified atom stereocenters. The van der Waals surface area contributed by atoms with Crippen molar-refractivity contribution in [2.45, 2.75) is 25.7 Å². The molecule has 3 rings (SSSR count). The van der Waals surface area contributed by atoms with Gasteiger partial charge >= 0.3 is 0 Å². The molecule has 28 heavy (non-hydrogen) atoms. The molecule has 5 nitrogen and oxygen atoms in total. The highest BCUT2D eigenvalue weighted by Crippen LogP contribution is 2.25. The second kappa shape index (κ2) is 9.80. The van der Waals surface area contributed by atoms with Crippen molar-refractivity contribution in [1.29, 1.82) is 0 Å². The third kappa shape index (κ3) is 5.63. The van der Waals surface area contributed by atoms with E-state index in [1.165, 1.54) is 12.8 Å². The number of nitrogens with zero attached hydrogens (tertiary/aromatic N) is 1. The van der Waals surface area contributed by atoms with Crippen molar-refractivity contribution in [3.8, 4) is 0 Å². The first kappa shape index (κ1) is 20.5. The van der Waals surface area contributed by atoms with Crippen LogP contribution in [0.3, 0.4) is 0 Å². The monoisotopic (exact) mass is 419 g/mol. The van der Waals surface area contributed by atoms with Gasteiger partial charge in [0.05, 0.1) is 16.6 Å². The first-order chi connectivity index (χ1) is 13.5. The van der Waals surface area contributed by atoms with Crippen LogP contribution < -0.4 is 10.6 Å². The molecule has 2 aromatic carbocycles. The smallest absolute Gasteiger partial charge is 0.253 e. The summed E-state index contributed by atoms with van der Waals surface area (Å²) in [7, 11) is 0. The number of anilines is 2. The van der Waals surface area contributed by atoms with Crippen molar-refractivity contribution >= 4 is 46.4 Å². The number of hydrogen-bond donors (Lipinski definition) is 2. The fraction of sp³-hybridized carbons (Fsp3) is 0.333. The summed E-state index contributed by atoms with van der Waals surface area (Å²) < 4.78 is 0. The quantitative estimate of drug-likeness (QED) is 0.711. The van der Waals surface area contributed by atoms with E-state index in [2.05, 4.69) is 10.6 Å². The molecule has 1 saturated heterocycles. The molecule has 2 aromatic rings. The van der Waals surface area contributed by atoms with Gasteiger partial charge in [0.15, 0.2) is 0 Å². The first-order valence-electron chi connectivity index (χ1n) is 9.41. The first-order valence-corrected chi connectivity index (χ1v) is 10.2. The van der Waals surface area contributed by atoms with Crippen molar-refractivity contribution < 1.29 is 9.59 Å². The SMILES string of the molecule is O=C(CNc1cccc(C(=O)N2CCCCCC2)c1)Nc1ccc(Cl)c(Cl)c1. The molecule has 1 aliphatic rings. The molecular weight excluding hydrogens is 397 g/mol. The van der Waals surface area contributed by atoms with E-state index in [0.717, 1.165) is 31.6 Å². The highest BCUT2D eigenvalue weighted by atomic mass is 35.5. The molecule has 0 atom stereocenters. The Balaban J connectivity index is 1.57. The van der Waals surface area contributed by atoms with Gasteiger partial charge in [0.2, 0.25) is 5.91 Å². The van der Waals surface area contributed by atoms with Crippen LogP contribution in [-0.2, 0) is 4.79 Å². The van der Waals surface area contributed by atoms with Gasteiger partial charge in [-0.1, -0.05) is 42.1 Å². The van der Waals surface area contributed by atoms with Crippen molar-refractivity contribution in [3.63, 3.8) is 0 Å². The summed E-state index contributed by atoms with van der Waals surface area (Å²) in [5.74, 6) is -0.173. The Kier molecular flexibility index (Phi) is 7.18. The average molecular weight is 420 g/mol. The molecule has 0 spiro atoms. The normalized spacial score (nSPS) is 14.3. The minimum absolute atomic E-state index is 0.0470. The lowest BCUT2D eigenvalue weighted by molar-refractivity contribution is -0.114. The Morgan fingerprint density at radius 3 is 2.36 bits per heavy atom. The zero-order valence-corrected chi connectivity index (χ0v) is 17.0. The maximum atomic E-state index is 12.7. The number of nitrogens with one attached hydrogen (secondary N) is 2. The van der Waals surface area contributed by atoms with Crippen LogP contribution in [0.15, 0.2) is 42.5 Å². The number of rotatable bonds is 5. The molecule has 0 aliphatic carbocycles. The van der Waals surface area contributed by atoms with Gasteiger partial charge in [-0.25, -0.2) is 0 Å². The Morgan fingerprint density at radius 1 is 0.893 bits per heavy atom. The van der Waals surface area contributed by atoms with Crippen molar-refractivity contribution in [2.24, 2.45) is 0 Å². The van der Waals surface area contributed by atoms with Crippen LogP contribution in [-0.4, -0.2) is 36.3 Å². The van der Waals surface area contributed by atoms with Gasteiger partial charge in [-0.2, -0.15) is 0 Å². The lowest BCUT2D eigenvalue weighted by Gasteiger charge is -2.20. The van der Waals surface area contributed by atoms with Crippen LogP contribution in [0.5, 0.6) is 0 Å². The van der Waals surface area contributed by atoms with E-state index in [-0.39, 0.29) is 18.4 Å². The van der Waals surface area contributed by atoms with E-state index in [4.69, 9.17) is 23.2 Å². The second-order valence-electron chi connectivity index (χ2n) is 6.82. The van der Waals surface area contributed by atoms with E-state index in [1.807, 2.05) is 23.1 Å². The summed E-state index contributed by atoms with van der Waals surface area (Å²) in [5.41, 5.74) is 1.94. The molecule has 1 aliphatic heterocycles. The third-order valence-electron chi connectivity index (χ3n) is 4.66. The summed E-state index contributed by atoms with van der Waals surface area (Å²) in [6.45, 7) is 1.69. The van der Waals surface area contributed by atoms with Crippen LogP contribution in [0, 0.1) is 0 Å². The number of amides is 2. The standard InChI is InChI=1S/C21H23Cl2N3O2/c22-18-9-8-17(13-19(18)23)25-20(27)14-24-16-7-5-6-15(12-16)21(28)26-10-3-1-2-4-11-26/h5-9,12-13,24H,1-4,10-11,14H2,(H,25,27). The van der Waals surface area contributed by atoms with E-state index in [9.17, 15) is 9.59 Å². The summed E-state index contributed by atoms with van der Waals surface area (Å²) in [5, 5.41) is 6.63. The molecule has 0 bridgehead atoms. The molecule has 2 N–H and O–H groups in total. The highest BCUT2D eigenvalue weighted by molar-refractivity contribution is 6.42. The van der Waals surface area contributed by atoms with Gasteiger partial charge in [-0.05, 0) is 49.2 Å². The van der Waals surface area contributed by atoms with Gasteiger partial charge in [-0.3, -0.25) is 9.59 Å². The molecule has 2 amide bonds. The van der Waals surface area contributed by atoms with E-state index >= 15 is 0 Å². The Morgan fingerprint density at radius 2 is 1.64 bits per heavy atom. The van der Waals surface area contributed by atoms with Crippen LogP contribution in [0.4, 0.5) is 11.4 Å². The van der Waals surface area contributed by atoms with Gasteiger partial charge in [0.1, 0.15) is 0 Å². The topological polar surface area (TPSA) is 61.4 Å². The van der Waals surface area contributed by atoms with E-state index < -0.39 is 0 Å². The molecule has 0 radical (unpaired) electrons. The number of halogens is 2. The zero-order valence-electron chi connectivity index (χ0n) is 15.5. The van der Waals surface area contributed by atoms with Gasteiger partial charge < -0.3 is 15.5 Å². The predicted molar refractivity (Wildman–Crippen MR) is 114 cm³/mol. The van der Waals surface area contributed by atoms with Crippen LogP contribution in [0.1, 0.15) is 36.0 Å². The summed E-state index contributed by atoms with van der Waals surface area (Å²) in [6, 6.07) is 12.2. The number of likely N-dealkylation sites (tertiary alicyclic amines) is 1. The largest absolute Gasteiger partial charge is 0.376 e. The molecule has 0 aromatic heterocycles. The van der Waals surface area contributed by atoms with Crippen LogP contribution in [0.2, 0.25) is 10.0 Å². The molecule has 148 valence electrons. The fourth-order valence-electron chi connectivity index (χ4n) is 3.18. The van der Waals surface area contributed by atoms with Crippen LogP contribution >= 0.6 is 23.2 Å². The van der Waals surface area contributed by atoms with Gasteiger partial charge in [0, 0.05) is 30.0 Å². The number of carbonyl (C=O) groups is 2. The van der Waals surface area contributed by atoms with E-state index in [1.54, 1.807) is 24.3 Å². The maximum Gasteiger partial charge on any atom is 0.253 e. The summed E-state index contributed by atoms with van der Waals surface area (Å²) in [4.78, 5) is 26.8. The molecular formula is C21H23Cl2N3O2. The van der Waals surface area contributed by atoms with Crippen molar-refractivity contribution in [3.05, 3.63) is 58.1 Å². The minimum atomic E-state index is -0.220. The van der Waals surface area contributed by atoms with Crippen molar-refractivity contribution in [2.75, 3.05) is 30.3 Å². The number of carbonyl (C=O) groups excluding carboxylic acids is 2. The summed E-state index contributed by atoms with van der Waals surface area (Å²) >= 11 is 11.8. The van der Waals surface area contributed by atoms with Crippen molar-refractivity contribution in [1.82, 2.24) is 4.90 Å². The lowest BCUT2D eigenvalue weighted by Crippen LogP contribution is -2.31. The second-order valence-corrected chi connectivity index (χ2v) is 7.63.